The zero-order valence-corrected chi connectivity index (χ0v) is 11.9. The summed E-state index contributed by atoms with van der Waals surface area (Å²) in [5.74, 6) is -1.95. The van der Waals surface area contributed by atoms with Crippen LogP contribution in [0.2, 0.25) is 0 Å². The maximum atomic E-state index is 13.2. The molecule has 1 saturated carbocycles. The van der Waals surface area contributed by atoms with Crippen molar-refractivity contribution in [2.24, 2.45) is 5.92 Å². The van der Waals surface area contributed by atoms with Crippen molar-refractivity contribution in [3.8, 4) is 6.07 Å². The number of hydrogen-bond donors (Lipinski definition) is 0. The summed E-state index contributed by atoms with van der Waals surface area (Å²) in [4.78, 5) is -0.326. The van der Waals surface area contributed by atoms with Gasteiger partial charge in [0, 0.05) is 0 Å². The summed E-state index contributed by atoms with van der Waals surface area (Å²) in [6.07, 6.45) is 1.73. The van der Waals surface area contributed by atoms with Crippen LogP contribution < -0.4 is 0 Å². The molecule has 1 fully saturated rings. The Labute approximate surface area is 117 Å². The van der Waals surface area contributed by atoms with Crippen LogP contribution in [0.5, 0.6) is 0 Å². The molecule has 1 aromatic rings. The van der Waals surface area contributed by atoms with Crippen molar-refractivity contribution < 1.29 is 17.2 Å². The zero-order valence-electron chi connectivity index (χ0n) is 11.1. The van der Waals surface area contributed by atoms with E-state index in [4.69, 9.17) is 0 Å². The Kier molecular flexibility index (Phi) is 3.83. The van der Waals surface area contributed by atoms with Crippen LogP contribution in [-0.4, -0.2) is 13.2 Å². The fraction of sp³-hybridized carbons (Fsp3) is 0.500. The molecule has 3 nitrogen and oxygen atoms in total. The van der Waals surface area contributed by atoms with Gasteiger partial charge >= 0.3 is 0 Å². The lowest BCUT2D eigenvalue weighted by Gasteiger charge is -2.33. The van der Waals surface area contributed by atoms with Gasteiger partial charge in [-0.15, -0.1) is 0 Å². The van der Waals surface area contributed by atoms with E-state index in [2.05, 4.69) is 0 Å². The third-order valence-electron chi connectivity index (χ3n) is 4.00. The standard InChI is InChI=1S/C14H15F2NO2S/c1-10-4-6-14(9-17,7-5-10)20(18,19)11-2-3-12(15)13(16)8-11/h2-3,8,10H,4-7H2,1H3. The molecule has 0 bridgehead atoms. The molecule has 2 rings (SSSR count). The largest absolute Gasteiger partial charge is 0.222 e. The molecule has 0 unspecified atom stereocenters. The highest BCUT2D eigenvalue weighted by molar-refractivity contribution is 7.93. The lowest BCUT2D eigenvalue weighted by Crippen LogP contribution is -2.40. The van der Waals surface area contributed by atoms with E-state index in [0.29, 0.717) is 24.8 Å². The molecule has 6 heteroatoms. The maximum Gasteiger partial charge on any atom is 0.197 e. The van der Waals surface area contributed by atoms with Crippen LogP contribution in [0.15, 0.2) is 23.1 Å². The first-order valence-electron chi connectivity index (χ1n) is 6.43. The molecule has 0 amide bonds. The molecule has 0 heterocycles. The second-order valence-electron chi connectivity index (χ2n) is 5.37. The molecule has 0 aliphatic heterocycles. The Morgan fingerprint density at radius 2 is 1.85 bits per heavy atom. The van der Waals surface area contributed by atoms with Crippen molar-refractivity contribution >= 4 is 9.84 Å². The number of benzene rings is 1. The van der Waals surface area contributed by atoms with Crippen LogP contribution >= 0.6 is 0 Å². The number of hydrogen-bond acceptors (Lipinski definition) is 3. The number of halogens is 2. The second kappa shape index (κ2) is 5.13. The van der Waals surface area contributed by atoms with Gasteiger partial charge in [0.25, 0.3) is 0 Å². The second-order valence-corrected chi connectivity index (χ2v) is 7.63. The van der Waals surface area contributed by atoms with Crippen LogP contribution in [0.4, 0.5) is 8.78 Å². The molecule has 0 aromatic heterocycles. The summed E-state index contributed by atoms with van der Waals surface area (Å²) in [6, 6.07) is 4.36. The molecule has 1 aromatic carbocycles. The fourth-order valence-electron chi connectivity index (χ4n) is 2.54. The zero-order chi connectivity index (χ0) is 15.0. The van der Waals surface area contributed by atoms with Crippen LogP contribution in [0.3, 0.4) is 0 Å². The summed E-state index contributed by atoms with van der Waals surface area (Å²) < 4.78 is 49.8. The highest BCUT2D eigenvalue weighted by Gasteiger charge is 2.47. The summed E-state index contributed by atoms with van der Waals surface area (Å²) in [5.41, 5.74) is 0. The monoisotopic (exact) mass is 299 g/mol. The average Bonchev–Trinajstić information content (AvgIpc) is 2.42. The maximum absolute atomic E-state index is 13.2. The van der Waals surface area contributed by atoms with Crippen LogP contribution in [0, 0.1) is 28.9 Å². The van der Waals surface area contributed by atoms with Gasteiger partial charge in [0.1, 0.15) is 0 Å². The van der Waals surface area contributed by atoms with E-state index in [1.807, 2.05) is 13.0 Å². The van der Waals surface area contributed by atoms with Gasteiger partial charge in [-0.2, -0.15) is 5.26 Å². The van der Waals surface area contributed by atoms with Crippen LogP contribution in [0.1, 0.15) is 32.6 Å². The minimum atomic E-state index is -4.00. The third kappa shape index (κ3) is 2.31. The van der Waals surface area contributed by atoms with Crippen molar-refractivity contribution in [1.29, 1.82) is 5.26 Å². The minimum Gasteiger partial charge on any atom is -0.222 e. The number of sulfone groups is 1. The molecule has 20 heavy (non-hydrogen) atoms. The van der Waals surface area contributed by atoms with Crippen molar-refractivity contribution in [3.63, 3.8) is 0 Å². The lowest BCUT2D eigenvalue weighted by atomic mass is 9.83. The van der Waals surface area contributed by atoms with E-state index >= 15 is 0 Å². The van der Waals surface area contributed by atoms with Gasteiger partial charge in [0.2, 0.25) is 0 Å². The van der Waals surface area contributed by atoms with E-state index in [1.165, 1.54) is 0 Å². The first-order valence-corrected chi connectivity index (χ1v) is 7.92. The highest BCUT2D eigenvalue weighted by Crippen LogP contribution is 2.40. The normalized spacial score (nSPS) is 27.0. The SMILES string of the molecule is CC1CCC(C#N)(S(=O)(=O)c2ccc(F)c(F)c2)CC1. The number of nitriles is 1. The topological polar surface area (TPSA) is 57.9 Å². The predicted molar refractivity (Wildman–Crippen MR) is 69.5 cm³/mol. The Balaban J connectivity index is 2.47. The van der Waals surface area contributed by atoms with Gasteiger partial charge in [0.05, 0.1) is 11.0 Å². The van der Waals surface area contributed by atoms with Crippen molar-refractivity contribution in [1.82, 2.24) is 0 Å². The molecule has 1 aliphatic carbocycles. The van der Waals surface area contributed by atoms with Gasteiger partial charge in [-0.25, -0.2) is 17.2 Å². The van der Waals surface area contributed by atoms with E-state index in [-0.39, 0.29) is 17.7 Å². The molecule has 0 saturated heterocycles. The fourth-order valence-corrected chi connectivity index (χ4v) is 4.39. The molecule has 1 aliphatic rings. The first-order chi connectivity index (χ1) is 9.32. The molecule has 0 atom stereocenters. The van der Waals surface area contributed by atoms with Crippen molar-refractivity contribution in [2.75, 3.05) is 0 Å². The number of nitrogens with zero attached hydrogens (tertiary/aromatic N) is 1. The van der Waals surface area contributed by atoms with Gasteiger partial charge in [-0.05, 0) is 49.8 Å². The minimum absolute atomic E-state index is 0.228. The Hall–Kier alpha value is -1.48. The first kappa shape index (κ1) is 14.9. The van der Waals surface area contributed by atoms with E-state index < -0.39 is 26.2 Å². The van der Waals surface area contributed by atoms with Gasteiger partial charge in [-0.1, -0.05) is 6.92 Å². The Morgan fingerprint density at radius 1 is 1.25 bits per heavy atom. The smallest absolute Gasteiger partial charge is 0.197 e. The summed E-state index contributed by atoms with van der Waals surface area (Å²) in [5, 5.41) is 9.35. The summed E-state index contributed by atoms with van der Waals surface area (Å²) in [7, 11) is -4.00. The van der Waals surface area contributed by atoms with Crippen molar-refractivity contribution in [2.45, 2.75) is 42.2 Å². The summed E-state index contributed by atoms with van der Waals surface area (Å²) in [6.45, 7) is 2.01. The van der Waals surface area contributed by atoms with Crippen molar-refractivity contribution in [3.05, 3.63) is 29.8 Å². The third-order valence-corrected chi connectivity index (χ3v) is 6.40. The lowest BCUT2D eigenvalue weighted by molar-refractivity contribution is 0.345. The predicted octanol–water partition coefficient (Wildman–Crippen LogP) is 3.21. The van der Waals surface area contributed by atoms with E-state index in [1.54, 1.807) is 0 Å². The van der Waals surface area contributed by atoms with Gasteiger partial charge in [-0.3, -0.25) is 0 Å². The summed E-state index contributed by atoms with van der Waals surface area (Å²) >= 11 is 0. The van der Waals surface area contributed by atoms with E-state index in [0.717, 1.165) is 12.1 Å². The molecule has 108 valence electrons. The quantitative estimate of drug-likeness (QED) is 0.788. The highest BCUT2D eigenvalue weighted by atomic mass is 32.2. The van der Waals surface area contributed by atoms with Gasteiger partial charge < -0.3 is 0 Å². The molecular formula is C14H15F2NO2S. The van der Waals surface area contributed by atoms with Crippen LogP contribution in [0.25, 0.3) is 0 Å². The Bertz CT molecular complexity index is 656. The Morgan fingerprint density at radius 3 is 2.35 bits per heavy atom. The molecule has 0 N–H and O–H groups in total. The average molecular weight is 299 g/mol. The van der Waals surface area contributed by atoms with Crippen LogP contribution in [-0.2, 0) is 9.84 Å². The van der Waals surface area contributed by atoms with Gasteiger partial charge in [0.15, 0.2) is 26.2 Å². The molecule has 0 spiro atoms. The molecular weight excluding hydrogens is 284 g/mol. The number of rotatable bonds is 2. The van der Waals surface area contributed by atoms with E-state index in [9.17, 15) is 22.5 Å². The molecule has 0 radical (unpaired) electrons.